The second-order valence-electron chi connectivity index (χ2n) is 11.9. The van der Waals surface area contributed by atoms with E-state index in [4.69, 9.17) is 9.72 Å². The Morgan fingerprint density at radius 1 is 0.690 bits per heavy atom. The molecule has 0 N–H and O–H groups in total. The van der Waals surface area contributed by atoms with E-state index in [1.54, 1.807) is 0 Å². The van der Waals surface area contributed by atoms with Crippen molar-refractivity contribution in [2.24, 2.45) is 0 Å². The van der Waals surface area contributed by atoms with E-state index in [-0.39, 0.29) is 0 Å². The first kappa shape index (κ1) is 30.7. The first-order valence-corrected chi connectivity index (χ1v) is 17.1. The fraction of sp³-hybridized carbons (Fsp3) is 0.432. The normalized spacial score (nSPS) is 11.7. The van der Waals surface area contributed by atoms with Crippen molar-refractivity contribution < 1.29 is 4.74 Å². The van der Waals surface area contributed by atoms with E-state index in [1.807, 2.05) is 0 Å². The maximum Gasteiger partial charge on any atom is 0.141 e. The van der Waals surface area contributed by atoms with Gasteiger partial charge in [-0.05, 0) is 60.0 Å². The lowest BCUT2D eigenvalue weighted by atomic mass is 9.91. The highest BCUT2D eigenvalue weighted by Crippen LogP contribution is 2.38. The Kier molecular flexibility index (Phi) is 11.0. The predicted octanol–water partition coefficient (Wildman–Crippen LogP) is 10.1. The molecule has 0 aliphatic rings. The minimum Gasteiger partial charge on any atom is -0.494 e. The molecule has 0 saturated heterocycles. The topological polar surface area (TPSA) is 27.1 Å². The first-order valence-electron chi connectivity index (χ1n) is 16.4. The molecule has 0 saturated carbocycles. The van der Waals surface area contributed by atoms with Crippen molar-refractivity contribution in [2.75, 3.05) is 6.61 Å². The van der Waals surface area contributed by atoms with Crippen molar-refractivity contribution in [3.8, 4) is 17.1 Å². The Labute approximate surface area is 261 Å². The molecule has 0 amide bonds. The molecule has 3 nitrogen and oxygen atoms in total. The number of aryl methyl sites for hydroxylation is 1. The highest BCUT2D eigenvalue weighted by Gasteiger charge is 2.19. The van der Waals surface area contributed by atoms with E-state index in [2.05, 4.69) is 103 Å². The summed E-state index contributed by atoms with van der Waals surface area (Å²) >= 11 is 3.72. The fourth-order valence-electron chi connectivity index (χ4n) is 6.21. The number of imidazole rings is 1. The Hall–Kier alpha value is -2.79. The molecule has 5 heteroatoms. The van der Waals surface area contributed by atoms with Crippen LogP contribution >= 0.6 is 15.9 Å². The van der Waals surface area contributed by atoms with Crippen molar-refractivity contribution in [1.29, 1.82) is 0 Å². The minimum atomic E-state index is 0.787. The van der Waals surface area contributed by atoms with Gasteiger partial charge in [0.05, 0.1) is 17.6 Å². The number of halogens is 1. The zero-order chi connectivity index (χ0) is 29.3. The van der Waals surface area contributed by atoms with E-state index in [0.717, 1.165) is 53.1 Å². The zero-order valence-electron chi connectivity index (χ0n) is 25.9. The van der Waals surface area contributed by atoms with Crippen molar-refractivity contribution in [3.63, 3.8) is 0 Å². The molecular formula is C37H46BBrN2O. The van der Waals surface area contributed by atoms with Crippen LogP contribution < -0.4 is 10.2 Å². The summed E-state index contributed by atoms with van der Waals surface area (Å²) in [6, 6.07) is 22.1. The Balaban J connectivity index is 1.49. The predicted molar refractivity (Wildman–Crippen MR) is 188 cm³/mol. The number of ether oxygens (including phenoxy) is 1. The van der Waals surface area contributed by atoms with E-state index in [0.29, 0.717) is 0 Å². The second-order valence-corrected chi connectivity index (χ2v) is 12.8. The molecule has 1 aromatic heterocycles. The molecule has 0 fully saturated rings. The van der Waals surface area contributed by atoms with Gasteiger partial charge in [-0.15, -0.1) is 0 Å². The number of hydrogen-bond donors (Lipinski definition) is 0. The average molecular weight is 626 g/mol. The maximum atomic E-state index is 6.11. The Morgan fingerprint density at radius 2 is 1.33 bits per heavy atom. The molecule has 0 aliphatic carbocycles. The van der Waals surface area contributed by atoms with Gasteiger partial charge in [0.1, 0.15) is 19.4 Å². The van der Waals surface area contributed by atoms with Gasteiger partial charge in [0, 0.05) is 27.4 Å². The first-order chi connectivity index (χ1) is 20.6. The zero-order valence-corrected chi connectivity index (χ0v) is 27.4. The molecular weight excluding hydrogens is 579 g/mol. The SMILES string of the molecule is Bc1ccc2c(c1)c1cc(Br)ccc1c1nc(-c3ccc(OCCCCCCCC)cc3)n(CCCCCCCC)c21. The Morgan fingerprint density at radius 3 is 2.07 bits per heavy atom. The molecule has 5 aromatic rings. The van der Waals surface area contributed by atoms with Gasteiger partial charge in [-0.2, -0.15) is 0 Å². The van der Waals surface area contributed by atoms with Crippen molar-refractivity contribution in [2.45, 2.75) is 97.4 Å². The van der Waals surface area contributed by atoms with Gasteiger partial charge in [0.15, 0.2) is 0 Å². The molecule has 0 radical (unpaired) electrons. The lowest BCUT2D eigenvalue weighted by molar-refractivity contribution is 0.304. The van der Waals surface area contributed by atoms with Crippen molar-refractivity contribution in [3.05, 3.63) is 65.1 Å². The highest BCUT2D eigenvalue weighted by atomic mass is 79.9. The van der Waals surface area contributed by atoms with Crippen molar-refractivity contribution >= 4 is 61.8 Å². The molecule has 0 unspecified atom stereocenters. The molecule has 0 atom stereocenters. The number of hydrogen-bond acceptors (Lipinski definition) is 2. The van der Waals surface area contributed by atoms with Crippen LogP contribution in [0.5, 0.6) is 5.75 Å². The van der Waals surface area contributed by atoms with Gasteiger partial charge in [0.2, 0.25) is 0 Å². The van der Waals surface area contributed by atoms with Crippen LogP contribution in [0.2, 0.25) is 0 Å². The van der Waals surface area contributed by atoms with Gasteiger partial charge < -0.3 is 9.30 Å². The van der Waals surface area contributed by atoms with Crippen LogP contribution in [0, 0.1) is 0 Å². The maximum absolute atomic E-state index is 6.11. The number of aromatic nitrogens is 2. The van der Waals surface area contributed by atoms with Crippen LogP contribution in [0.25, 0.3) is 44.0 Å². The summed E-state index contributed by atoms with van der Waals surface area (Å²) in [5.41, 5.74) is 4.78. The van der Waals surface area contributed by atoms with E-state index < -0.39 is 0 Å². The number of nitrogens with zero attached hydrogens (tertiary/aromatic N) is 2. The van der Waals surface area contributed by atoms with Crippen LogP contribution in [0.15, 0.2) is 65.1 Å². The van der Waals surface area contributed by atoms with Crippen molar-refractivity contribution in [1.82, 2.24) is 9.55 Å². The number of rotatable bonds is 16. The average Bonchev–Trinajstić information content (AvgIpc) is 3.38. The monoisotopic (exact) mass is 624 g/mol. The van der Waals surface area contributed by atoms with Gasteiger partial charge in [-0.25, -0.2) is 4.98 Å². The number of fused-ring (bicyclic) bond motifs is 6. The molecule has 5 rings (SSSR count). The van der Waals surface area contributed by atoms with Gasteiger partial charge >= 0.3 is 0 Å². The molecule has 42 heavy (non-hydrogen) atoms. The van der Waals surface area contributed by atoms with Gasteiger partial charge in [0.25, 0.3) is 0 Å². The Bertz CT molecular complexity index is 1610. The molecule has 0 bridgehead atoms. The number of unbranched alkanes of at least 4 members (excludes halogenated alkanes) is 10. The lowest BCUT2D eigenvalue weighted by Crippen LogP contribution is -2.04. The second kappa shape index (κ2) is 15.1. The molecule has 0 spiro atoms. The van der Waals surface area contributed by atoms with Crippen LogP contribution in [-0.2, 0) is 6.54 Å². The van der Waals surface area contributed by atoms with Gasteiger partial charge in [-0.1, -0.05) is 124 Å². The molecule has 0 aliphatic heterocycles. The third-order valence-electron chi connectivity index (χ3n) is 8.54. The summed E-state index contributed by atoms with van der Waals surface area (Å²) in [7, 11) is 2.18. The fourth-order valence-corrected chi connectivity index (χ4v) is 6.57. The van der Waals surface area contributed by atoms with E-state index in [1.165, 1.54) is 96.7 Å². The lowest BCUT2D eigenvalue weighted by Gasteiger charge is -2.13. The highest BCUT2D eigenvalue weighted by molar-refractivity contribution is 9.10. The summed E-state index contributed by atoms with van der Waals surface area (Å²) in [5, 5.41) is 5.05. The van der Waals surface area contributed by atoms with E-state index >= 15 is 0 Å². The molecule has 1 heterocycles. The van der Waals surface area contributed by atoms with Crippen LogP contribution in [0.4, 0.5) is 0 Å². The minimum absolute atomic E-state index is 0.787. The smallest absolute Gasteiger partial charge is 0.141 e. The summed E-state index contributed by atoms with van der Waals surface area (Å²) in [6.45, 7) is 6.31. The third-order valence-corrected chi connectivity index (χ3v) is 9.03. The number of benzene rings is 4. The summed E-state index contributed by atoms with van der Waals surface area (Å²) < 4.78 is 9.71. The summed E-state index contributed by atoms with van der Waals surface area (Å²) in [5.74, 6) is 2.00. The standard InChI is InChI=1S/C37H46BBrN2O/c1-3-5-7-9-11-13-23-41-36-32-21-17-28(38)25-33(32)34-26-29(39)18-22-31(34)35(36)40-37(41)27-15-19-30(20-16-27)42-24-14-12-10-8-6-4-2/h15-22,25-26H,3-14,23-24,38H2,1-2H3. The molecule has 220 valence electrons. The largest absolute Gasteiger partial charge is 0.494 e. The quantitative estimate of drug-likeness (QED) is 0.0620. The van der Waals surface area contributed by atoms with Crippen LogP contribution in [0.3, 0.4) is 0 Å². The summed E-state index contributed by atoms with van der Waals surface area (Å²) in [6.07, 6.45) is 15.3. The van der Waals surface area contributed by atoms with Gasteiger partial charge in [-0.3, -0.25) is 0 Å². The summed E-state index contributed by atoms with van der Waals surface area (Å²) in [4.78, 5) is 5.39. The van der Waals surface area contributed by atoms with Crippen LogP contribution in [-0.4, -0.2) is 24.0 Å². The van der Waals surface area contributed by atoms with Crippen LogP contribution in [0.1, 0.15) is 90.9 Å². The third kappa shape index (κ3) is 7.22. The molecule has 4 aromatic carbocycles. The van der Waals surface area contributed by atoms with E-state index in [9.17, 15) is 0 Å².